The van der Waals surface area contributed by atoms with Crippen LogP contribution in [-0.4, -0.2) is 17.1 Å². The molecule has 1 aromatic rings. The quantitative estimate of drug-likeness (QED) is 0.755. The van der Waals surface area contributed by atoms with E-state index >= 15 is 0 Å². The summed E-state index contributed by atoms with van der Waals surface area (Å²) in [5.74, 6) is -1.03. The Hall–Kier alpha value is -1.34. The summed E-state index contributed by atoms with van der Waals surface area (Å²) in [6.45, 7) is 0. The Balaban J connectivity index is 2.85. The number of hydrogen-bond acceptors (Lipinski definition) is 3. The molecule has 0 aliphatic heterocycles. The Morgan fingerprint density at radius 1 is 1.60 bits per heavy atom. The predicted octanol–water partition coefficient (Wildman–Crippen LogP) is 1.24. The van der Waals surface area contributed by atoms with Crippen molar-refractivity contribution in [3.05, 3.63) is 35.4 Å². The van der Waals surface area contributed by atoms with Gasteiger partial charge in [0.2, 0.25) is 0 Å². The van der Waals surface area contributed by atoms with Crippen LogP contribution in [0, 0.1) is 5.63 Å². The molecule has 3 N–H and O–H groups in total. The Morgan fingerprint density at radius 3 is 2.93 bits per heavy atom. The van der Waals surface area contributed by atoms with Crippen LogP contribution in [0.5, 0.6) is 0 Å². The number of carbonyl (C=O) groups is 1. The molecule has 1 atom stereocenters. The van der Waals surface area contributed by atoms with E-state index in [4.69, 9.17) is 10.8 Å². The Labute approximate surface area is 88.2 Å². The van der Waals surface area contributed by atoms with Gasteiger partial charge in [-0.25, -0.2) is 0 Å². The molecule has 4 nitrogen and oxygen atoms in total. The van der Waals surface area contributed by atoms with Gasteiger partial charge in [0.1, 0.15) is 0 Å². The van der Waals surface area contributed by atoms with E-state index in [-0.39, 0.29) is 14.3 Å². The first-order chi connectivity index (χ1) is 7.13. The number of nitrogens with two attached hydrogens (primary N) is 1. The van der Waals surface area contributed by atoms with Gasteiger partial charge in [-0.15, -0.1) is 0 Å². The molecule has 5 heteroatoms. The van der Waals surface area contributed by atoms with Crippen molar-refractivity contribution in [3.8, 4) is 5.63 Å². The summed E-state index contributed by atoms with van der Waals surface area (Å²) in [7, 11) is -0.192. The zero-order valence-electron chi connectivity index (χ0n) is 7.88. The van der Waals surface area contributed by atoms with Crippen LogP contribution in [0.4, 0.5) is 0 Å². The molecule has 0 aromatic heterocycles. The molecule has 0 aliphatic rings. The van der Waals surface area contributed by atoms with Gasteiger partial charge in [-0.1, -0.05) is 0 Å². The molecule has 0 spiro atoms. The van der Waals surface area contributed by atoms with Gasteiger partial charge < -0.3 is 0 Å². The van der Waals surface area contributed by atoms with E-state index in [1.165, 1.54) is 0 Å². The van der Waals surface area contributed by atoms with Crippen molar-refractivity contribution in [3.63, 3.8) is 0 Å². The van der Waals surface area contributed by atoms with Gasteiger partial charge in [0.15, 0.2) is 0 Å². The summed E-state index contributed by atoms with van der Waals surface area (Å²) in [4.78, 5) is 10.5. The monoisotopic (exact) mass is 223 g/mol. The second kappa shape index (κ2) is 5.52. The average Bonchev–Trinajstić information content (AvgIpc) is 2.18. The van der Waals surface area contributed by atoms with Gasteiger partial charge >= 0.3 is 87.6 Å². The first-order valence-electron chi connectivity index (χ1n) is 4.29. The van der Waals surface area contributed by atoms with Crippen LogP contribution in [0.25, 0.3) is 0 Å². The van der Waals surface area contributed by atoms with Crippen molar-refractivity contribution >= 4 is 13.9 Å². The third-order valence-electron chi connectivity index (χ3n) is 1.87. The van der Waals surface area contributed by atoms with Gasteiger partial charge in [0.25, 0.3) is 0 Å². The number of carboxylic acids is 1. The van der Waals surface area contributed by atoms with E-state index in [2.05, 4.69) is 5.63 Å². The van der Waals surface area contributed by atoms with Gasteiger partial charge in [-0.3, -0.25) is 0 Å². The molecule has 0 amide bonds. The minimum absolute atomic E-state index is 0.192. The number of aliphatic carboxylic acids is 1. The molecule has 0 bridgehead atoms. The van der Waals surface area contributed by atoms with Gasteiger partial charge in [0, 0.05) is 0 Å². The van der Waals surface area contributed by atoms with E-state index in [9.17, 15) is 9.36 Å². The number of benzene rings is 1. The third kappa shape index (κ3) is 3.72. The van der Waals surface area contributed by atoms with E-state index in [1.54, 1.807) is 24.3 Å². The average molecular weight is 223 g/mol. The summed E-state index contributed by atoms with van der Waals surface area (Å²) in [6.07, 6.45) is 0.251. The summed E-state index contributed by atoms with van der Waals surface area (Å²) in [5, 5.41) is 8.62. The molecule has 78 valence electrons. The third-order valence-corrected chi connectivity index (χ3v) is 2.22. The Morgan fingerprint density at radius 2 is 2.33 bits per heavy atom. The van der Waals surface area contributed by atoms with Crippen LogP contribution >= 0.6 is 7.92 Å². The molecule has 0 saturated heterocycles. The SMILES string of the molecule is N[C@@H](Cc1cccc(C#P=O)c1)C(=O)O. The molecule has 0 heterocycles. The van der Waals surface area contributed by atoms with Crippen LogP contribution in [0.3, 0.4) is 0 Å². The standard InChI is InChI=1S/C10H10NO3P/c11-9(10(12)13)5-7-2-1-3-8(4-7)6-15-14/h1-4,9H,5,11H2,(H,12,13)/t9-/m0/s1. The predicted molar refractivity (Wildman–Crippen MR) is 56.4 cm³/mol. The number of rotatable bonds is 3. The molecule has 0 radical (unpaired) electrons. The summed E-state index contributed by atoms with van der Waals surface area (Å²) in [5.41, 5.74) is 9.43. The van der Waals surface area contributed by atoms with E-state index in [0.717, 1.165) is 5.56 Å². The van der Waals surface area contributed by atoms with Crippen molar-refractivity contribution in [1.29, 1.82) is 0 Å². The van der Waals surface area contributed by atoms with E-state index in [1.807, 2.05) is 0 Å². The van der Waals surface area contributed by atoms with E-state index < -0.39 is 12.0 Å². The van der Waals surface area contributed by atoms with Crippen molar-refractivity contribution < 1.29 is 14.5 Å². The minimum atomic E-state index is -1.03. The van der Waals surface area contributed by atoms with Gasteiger partial charge in [0.05, 0.1) is 0 Å². The molecular formula is C10H10NO3P. The molecule has 1 rings (SSSR count). The second-order valence-electron chi connectivity index (χ2n) is 3.05. The molecule has 0 unspecified atom stereocenters. The van der Waals surface area contributed by atoms with Gasteiger partial charge in [-0.2, -0.15) is 0 Å². The summed E-state index contributed by atoms with van der Waals surface area (Å²) < 4.78 is 10.3. The van der Waals surface area contributed by atoms with Crippen molar-refractivity contribution in [2.75, 3.05) is 0 Å². The van der Waals surface area contributed by atoms with Crippen LogP contribution in [0.1, 0.15) is 11.1 Å². The fourth-order valence-electron chi connectivity index (χ4n) is 1.16. The summed E-state index contributed by atoms with van der Waals surface area (Å²) >= 11 is 0. The Kier molecular flexibility index (Phi) is 4.32. The fourth-order valence-corrected chi connectivity index (χ4v) is 1.41. The van der Waals surface area contributed by atoms with Crippen molar-refractivity contribution in [2.45, 2.75) is 12.5 Å². The maximum absolute atomic E-state index is 10.5. The number of hydrogen-bond donors (Lipinski definition) is 2. The Bertz CT molecular complexity index is 466. The van der Waals surface area contributed by atoms with Crippen LogP contribution in [0.15, 0.2) is 24.3 Å². The summed E-state index contributed by atoms with van der Waals surface area (Å²) in [6, 6.07) is 6.06. The number of carboxylic acid groups (broad SMARTS) is 1. The maximum atomic E-state index is 10.5. The first-order valence-corrected chi connectivity index (χ1v) is 5.10. The molecule has 0 saturated carbocycles. The fraction of sp³-hybridized carbons (Fsp3) is 0.200. The van der Waals surface area contributed by atoms with E-state index in [0.29, 0.717) is 5.56 Å². The molecule has 0 aliphatic carbocycles. The van der Waals surface area contributed by atoms with Gasteiger partial charge in [-0.05, 0) is 0 Å². The first kappa shape index (κ1) is 11.7. The van der Waals surface area contributed by atoms with Crippen LogP contribution in [0.2, 0.25) is 0 Å². The van der Waals surface area contributed by atoms with Crippen molar-refractivity contribution in [1.82, 2.24) is 0 Å². The van der Waals surface area contributed by atoms with Crippen molar-refractivity contribution in [2.24, 2.45) is 5.73 Å². The normalized spacial score (nSPS) is 11.5. The second-order valence-corrected chi connectivity index (χ2v) is 3.46. The molecular weight excluding hydrogens is 213 g/mol. The van der Waals surface area contributed by atoms with Crippen LogP contribution in [-0.2, 0) is 15.8 Å². The molecule has 15 heavy (non-hydrogen) atoms. The molecule has 1 aromatic carbocycles. The zero-order valence-corrected chi connectivity index (χ0v) is 8.78. The topological polar surface area (TPSA) is 80.4 Å². The molecule has 0 fully saturated rings. The zero-order chi connectivity index (χ0) is 11.3. The van der Waals surface area contributed by atoms with Crippen LogP contribution < -0.4 is 5.73 Å².